The molecule has 5 nitrogen and oxygen atoms in total. The van der Waals surface area contributed by atoms with E-state index in [-0.39, 0.29) is 29.5 Å². The number of Topliss-reactive ketones (excluding diaryl/α,β-unsaturated/α-hetero) is 1. The Morgan fingerprint density at radius 3 is 2.72 bits per heavy atom. The summed E-state index contributed by atoms with van der Waals surface area (Å²) in [5.41, 5.74) is 0.551. The topological polar surface area (TPSA) is 79.2 Å². The van der Waals surface area contributed by atoms with Crippen molar-refractivity contribution in [1.82, 2.24) is 0 Å². The van der Waals surface area contributed by atoms with Crippen molar-refractivity contribution >= 4 is 29.1 Å². The molecule has 1 amide bonds. The van der Waals surface area contributed by atoms with E-state index in [4.69, 9.17) is 10.00 Å². The molecule has 2 aromatic carbocycles. The van der Waals surface area contributed by atoms with Gasteiger partial charge in [-0.2, -0.15) is 5.26 Å². The second-order valence-corrected chi connectivity index (χ2v) is 5.99. The number of nitrogens with zero attached hydrogens (tertiary/aromatic N) is 1. The van der Waals surface area contributed by atoms with Gasteiger partial charge in [0.05, 0.1) is 23.1 Å². The van der Waals surface area contributed by atoms with E-state index in [2.05, 4.69) is 5.32 Å². The van der Waals surface area contributed by atoms with Gasteiger partial charge in [-0.3, -0.25) is 9.59 Å². The number of para-hydroxylation sites is 1. The van der Waals surface area contributed by atoms with E-state index in [9.17, 15) is 14.0 Å². The second kappa shape index (κ2) is 8.85. The fourth-order valence-electron chi connectivity index (χ4n) is 2.01. The Labute approximate surface area is 148 Å². The molecule has 0 atom stereocenters. The van der Waals surface area contributed by atoms with Gasteiger partial charge >= 0.3 is 0 Å². The number of amides is 1. The van der Waals surface area contributed by atoms with Crippen molar-refractivity contribution in [3.63, 3.8) is 0 Å². The predicted molar refractivity (Wildman–Crippen MR) is 93.3 cm³/mol. The van der Waals surface area contributed by atoms with Gasteiger partial charge in [-0.25, -0.2) is 4.39 Å². The van der Waals surface area contributed by atoms with E-state index in [0.29, 0.717) is 5.69 Å². The molecule has 25 heavy (non-hydrogen) atoms. The lowest BCUT2D eigenvalue weighted by atomic mass is 10.1. The molecule has 0 spiro atoms. The minimum atomic E-state index is -0.691. The smallest absolute Gasteiger partial charge is 0.262 e. The number of nitriles is 1. The van der Waals surface area contributed by atoms with Crippen molar-refractivity contribution < 1.29 is 18.7 Å². The highest BCUT2D eigenvalue weighted by Crippen LogP contribution is 2.26. The van der Waals surface area contributed by atoms with Gasteiger partial charge < -0.3 is 10.1 Å². The van der Waals surface area contributed by atoms with Gasteiger partial charge in [0.1, 0.15) is 11.6 Å². The summed E-state index contributed by atoms with van der Waals surface area (Å²) in [5.74, 6) is -1.06. The SMILES string of the molecule is CC(=O)c1ccc(OCC(=O)Nc2ccccc2SCC#N)cc1F. The van der Waals surface area contributed by atoms with E-state index in [1.807, 2.05) is 12.1 Å². The van der Waals surface area contributed by atoms with Crippen LogP contribution in [0.4, 0.5) is 10.1 Å². The van der Waals surface area contributed by atoms with Gasteiger partial charge in [0.2, 0.25) is 0 Å². The molecular formula is C18H15FN2O3S. The number of hydrogen-bond acceptors (Lipinski definition) is 5. The molecule has 0 unspecified atom stereocenters. The van der Waals surface area contributed by atoms with Crippen LogP contribution in [0.3, 0.4) is 0 Å². The number of benzene rings is 2. The predicted octanol–water partition coefficient (Wildman–Crippen LogP) is 3.66. The van der Waals surface area contributed by atoms with Crippen LogP contribution in [0.1, 0.15) is 17.3 Å². The van der Waals surface area contributed by atoms with Crippen molar-refractivity contribution in [1.29, 1.82) is 5.26 Å². The van der Waals surface area contributed by atoms with Crippen LogP contribution >= 0.6 is 11.8 Å². The summed E-state index contributed by atoms with van der Waals surface area (Å²) in [6.07, 6.45) is 0. The van der Waals surface area contributed by atoms with Crippen LogP contribution in [0.2, 0.25) is 0 Å². The van der Waals surface area contributed by atoms with Crippen LogP contribution in [-0.4, -0.2) is 24.1 Å². The molecule has 128 valence electrons. The minimum Gasteiger partial charge on any atom is -0.484 e. The second-order valence-electron chi connectivity index (χ2n) is 4.98. The zero-order chi connectivity index (χ0) is 18.2. The maximum absolute atomic E-state index is 13.7. The number of hydrogen-bond donors (Lipinski definition) is 1. The maximum atomic E-state index is 13.7. The third-order valence-corrected chi connectivity index (χ3v) is 4.08. The van der Waals surface area contributed by atoms with E-state index in [1.54, 1.807) is 18.2 Å². The molecule has 0 heterocycles. The Kier molecular flexibility index (Phi) is 6.54. The molecular weight excluding hydrogens is 343 g/mol. The molecule has 1 N–H and O–H groups in total. The Bertz CT molecular complexity index is 833. The van der Waals surface area contributed by atoms with Crippen molar-refractivity contribution in [3.8, 4) is 11.8 Å². The average Bonchev–Trinajstić information content (AvgIpc) is 2.59. The highest BCUT2D eigenvalue weighted by molar-refractivity contribution is 7.99. The van der Waals surface area contributed by atoms with Gasteiger partial charge in [-0.05, 0) is 31.2 Å². The molecule has 0 fully saturated rings. The Morgan fingerprint density at radius 1 is 1.28 bits per heavy atom. The van der Waals surface area contributed by atoms with E-state index in [0.717, 1.165) is 11.0 Å². The highest BCUT2D eigenvalue weighted by atomic mass is 32.2. The Hall–Kier alpha value is -2.85. The number of ketones is 1. The molecule has 2 aromatic rings. The maximum Gasteiger partial charge on any atom is 0.262 e. The first kappa shape index (κ1) is 18.5. The fourth-order valence-corrected chi connectivity index (χ4v) is 2.68. The summed E-state index contributed by atoms with van der Waals surface area (Å²) in [6, 6.07) is 12.9. The van der Waals surface area contributed by atoms with Crippen LogP contribution in [0.5, 0.6) is 5.75 Å². The van der Waals surface area contributed by atoms with Gasteiger partial charge in [0.15, 0.2) is 12.4 Å². The van der Waals surface area contributed by atoms with E-state index >= 15 is 0 Å². The number of anilines is 1. The third kappa shape index (κ3) is 5.33. The number of ether oxygens (including phenoxy) is 1. The summed E-state index contributed by atoms with van der Waals surface area (Å²) in [4.78, 5) is 24.0. The summed E-state index contributed by atoms with van der Waals surface area (Å²) >= 11 is 1.31. The molecule has 0 saturated carbocycles. The summed E-state index contributed by atoms with van der Waals surface area (Å²) in [6.45, 7) is 0.963. The summed E-state index contributed by atoms with van der Waals surface area (Å²) in [5, 5.41) is 11.3. The van der Waals surface area contributed by atoms with Crippen LogP contribution in [-0.2, 0) is 4.79 Å². The van der Waals surface area contributed by atoms with Crippen LogP contribution < -0.4 is 10.1 Å². The first-order valence-corrected chi connectivity index (χ1v) is 8.31. The number of carbonyl (C=O) groups is 2. The quantitative estimate of drug-likeness (QED) is 0.603. The number of nitrogens with one attached hydrogen (secondary N) is 1. The monoisotopic (exact) mass is 358 g/mol. The van der Waals surface area contributed by atoms with E-state index < -0.39 is 11.7 Å². The van der Waals surface area contributed by atoms with Crippen LogP contribution in [0.25, 0.3) is 0 Å². The van der Waals surface area contributed by atoms with Crippen molar-refractivity contribution in [2.45, 2.75) is 11.8 Å². The number of thioether (sulfide) groups is 1. The molecule has 7 heteroatoms. The van der Waals surface area contributed by atoms with Gasteiger partial charge in [-0.1, -0.05) is 12.1 Å². The molecule has 0 bridgehead atoms. The fraction of sp³-hybridized carbons (Fsp3) is 0.167. The molecule has 0 saturated heterocycles. The highest BCUT2D eigenvalue weighted by Gasteiger charge is 2.11. The van der Waals surface area contributed by atoms with E-state index in [1.165, 1.54) is 30.8 Å². The van der Waals surface area contributed by atoms with Gasteiger partial charge in [-0.15, -0.1) is 11.8 Å². The largest absolute Gasteiger partial charge is 0.484 e. The average molecular weight is 358 g/mol. The first-order chi connectivity index (χ1) is 12.0. The molecule has 2 rings (SSSR count). The molecule has 0 aromatic heterocycles. The van der Waals surface area contributed by atoms with Crippen molar-refractivity contribution in [2.24, 2.45) is 0 Å². The molecule has 0 aliphatic heterocycles. The molecule has 0 aliphatic carbocycles. The Morgan fingerprint density at radius 2 is 2.04 bits per heavy atom. The standard InChI is InChI=1S/C18H15FN2O3S/c1-12(22)14-7-6-13(10-15(14)19)24-11-18(23)21-16-4-2-3-5-17(16)25-9-8-20/h2-7,10H,9,11H2,1H3,(H,21,23). The minimum absolute atomic E-state index is 0.0275. The van der Waals surface area contributed by atoms with Gasteiger partial charge in [0.25, 0.3) is 5.91 Å². The van der Waals surface area contributed by atoms with Crippen molar-refractivity contribution in [2.75, 3.05) is 17.7 Å². The number of halogens is 1. The normalized spacial score (nSPS) is 9.96. The lowest BCUT2D eigenvalue weighted by molar-refractivity contribution is -0.118. The first-order valence-electron chi connectivity index (χ1n) is 7.33. The van der Waals surface area contributed by atoms with Crippen molar-refractivity contribution in [3.05, 3.63) is 53.8 Å². The lowest BCUT2D eigenvalue weighted by Gasteiger charge is -2.11. The summed E-state index contributed by atoms with van der Waals surface area (Å²) < 4.78 is 19.0. The molecule has 0 radical (unpaired) electrons. The summed E-state index contributed by atoms with van der Waals surface area (Å²) in [7, 11) is 0. The molecule has 0 aliphatic rings. The zero-order valence-corrected chi connectivity index (χ0v) is 14.2. The lowest BCUT2D eigenvalue weighted by Crippen LogP contribution is -2.20. The Balaban J connectivity index is 1.96. The third-order valence-electron chi connectivity index (χ3n) is 3.14. The number of carbonyl (C=O) groups excluding carboxylic acids is 2. The number of rotatable bonds is 7. The van der Waals surface area contributed by atoms with Gasteiger partial charge in [0, 0.05) is 11.0 Å². The zero-order valence-electron chi connectivity index (χ0n) is 13.4. The van der Waals surface area contributed by atoms with Crippen LogP contribution in [0, 0.1) is 17.1 Å². The van der Waals surface area contributed by atoms with Crippen LogP contribution in [0.15, 0.2) is 47.4 Å².